The lowest BCUT2D eigenvalue weighted by molar-refractivity contribution is -0.132. The molecule has 1 amide bonds. The normalized spacial score (nSPS) is 12.4. The van der Waals surface area contributed by atoms with E-state index in [1.165, 1.54) is 0 Å². The summed E-state index contributed by atoms with van der Waals surface area (Å²) in [5, 5.41) is 7.38. The SMILES string of the molecule is CCCn1ncnc1CNC(C)C(=O)N(CC)CC. The van der Waals surface area contributed by atoms with Gasteiger partial charge in [-0.25, -0.2) is 9.67 Å². The van der Waals surface area contributed by atoms with E-state index in [-0.39, 0.29) is 11.9 Å². The van der Waals surface area contributed by atoms with E-state index in [0.29, 0.717) is 6.54 Å². The molecule has 0 bridgehead atoms. The lowest BCUT2D eigenvalue weighted by Gasteiger charge is -2.23. The third-order valence-electron chi connectivity index (χ3n) is 3.14. The van der Waals surface area contributed by atoms with Crippen molar-refractivity contribution in [2.75, 3.05) is 13.1 Å². The number of likely N-dealkylation sites (N-methyl/N-ethyl adjacent to an activating group) is 1. The first-order chi connectivity index (χ1) is 9.13. The predicted octanol–water partition coefficient (Wildman–Crippen LogP) is 1.03. The van der Waals surface area contributed by atoms with Gasteiger partial charge >= 0.3 is 0 Å². The third-order valence-corrected chi connectivity index (χ3v) is 3.14. The number of nitrogens with zero attached hydrogens (tertiary/aromatic N) is 4. The average molecular weight is 267 g/mol. The minimum Gasteiger partial charge on any atom is -0.342 e. The topological polar surface area (TPSA) is 63.1 Å². The Hall–Kier alpha value is -1.43. The molecule has 6 heteroatoms. The van der Waals surface area contributed by atoms with Gasteiger partial charge in [-0.2, -0.15) is 5.10 Å². The Balaban J connectivity index is 2.51. The van der Waals surface area contributed by atoms with Crippen molar-refractivity contribution in [3.05, 3.63) is 12.2 Å². The smallest absolute Gasteiger partial charge is 0.239 e. The highest BCUT2D eigenvalue weighted by Gasteiger charge is 2.18. The minimum atomic E-state index is -0.202. The zero-order chi connectivity index (χ0) is 14.3. The minimum absolute atomic E-state index is 0.131. The molecule has 0 fully saturated rings. The first kappa shape index (κ1) is 15.6. The third kappa shape index (κ3) is 4.31. The van der Waals surface area contributed by atoms with Gasteiger partial charge in [0.1, 0.15) is 12.2 Å². The van der Waals surface area contributed by atoms with Gasteiger partial charge < -0.3 is 4.90 Å². The van der Waals surface area contributed by atoms with Crippen LogP contribution in [-0.4, -0.2) is 44.7 Å². The Kier molecular flexibility index (Phi) is 6.49. The Labute approximate surface area is 115 Å². The summed E-state index contributed by atoms with van der Waals surface area (Å²) >= 11 is 0. The molecule has 0 saturated carbocycles. The van der Waals surface area contributed by atoms with E-state index >= 15 is 0 Å². The van der Waals surface area contributed by atoms with E-state index in [0.717, 1.165) is 31.9 Å². The Bertz CT molecular complexity index is 386. The highest BCUT2D eigenvalue weighted by atomic mass is 16.2. The van der Waals surface area contributed by atoms with Gasteiger partial charge in [-0.1, -0.05) is 6.92 Å². The summed E-state index contributed by atoms with van der Waals surface area (Å²) in [7, 11) is 0. The van der Waals surface area contributed by atoms with Crippen molar-refractivity contribution >= 4 is 5.91 Å². The largest absolute Gasteiger partial charge is 0.342 e. The molecule has 0 aliphatic heterocycles. The van der Waals surface area contributed by atoms with Crippen molar-refractivity contribution in [2.24, 2.45) is 0 Å². The second kappa shape index (κ2) is 7.89. The van der Waals surface area contributed by atoms with Crippen LogP contribution >= 0.6 is 0 Å². The zero-order valence-corrected chi connectivity index (χ0v) is 12.4. The van der Waals surface area contributed by atoms with Crippen molar-refractivity contribution in [3.8, 4) is 0 Å². The van der Waals surface area contributed by atoms with Crippen LogP contribution in [0.3, 0.4) is 0 Å². The van der Waals surface area contributed by atoms with E-state index in [1.807, 2.05) is 30.4 Å². The van der Waals surface area contributed by atoms with Crippen LogP contribution in [0.4, 0.5) is 0 Å². The van der Waals surface area contributed by atoms with Crippen molar-refractivity contribution in [3.63, 3.8) is 0 Å². The molecule has 1 N–H and O–H groups in total. The summed E-state index contributed by atoms with van der Waals surface area (Å²) < 4.78 is 1.88. The fraction of sp³-hybridized carbons (Fsp3) is 0.769. The molecular weight excluding hydrogens is 242 g/mol. The average Bonchev–Trinajstić information content (AvgIpc) is 2.85. The fourth-order valence-electron chi connectivity index (χ4n) is 1.96. The first-order valence-electron chi connectivity index (χ1n) is 7.02. The van der Waals surface area contributed by atoms with Crippen LogP contribution in [-0.2, 0) is 17.9 Å². The van der Waals surface area contributed by atoms with Gasteiger partial charge in [-0.05, 0) is 27.2 Å². The van der Waals surface area contributed by atoms with E-state index < -0.39 is 0 Å². The lowest BCUT2D eigenvalue weighted by atomic mass is 10.2. The maximum atomic E-state index is 12.1. The standard InChI is InChI=1S/C13H25N5O/c1-5-8-18-12(15-10-16-18)9-14-11(4)13(19)17(6-2)7-3/h10-11,14H,5-9H2,1-4H3. The molecule has 0 spiro atoms. The second-order valence-corrected chi connectivity index (χ2v) is 4.51. The summed E-state index contributed by atoms with van der Waals surface area (Å²) in [5.41, 5.74) is 0. The molecule has 1 heterocycles. The van der Waals surface area contributed by atoms with E-state index in [2.05, 4.69) is 22.3 Å². The van der Waals surface area contributed by atoms with Crippen molar-refractivity contribution < 1.29 is 4.79 Å². The van der Waals surface area contributed by atoms with Crippen molar-refractivity contribution in [1.29, 1.82) is 0 Å². The lowest BCUT2D eigenvalue weighted by Crippen LogP contribution is -2.44. The molecule has 1 atom stereocenters. The summed E-state index contributed by atoms with van der Waals surface area (Å²) in [5.74, 6) is 1.01. The Morgan fingerprint density at radius 1 is 1.42 bits per heavy atom. The molecule has 1 aromatic rings. The number of hydrogen-bond acceptors (Lipinski definition) is 4. The number of hydrogen-bond donors (Lipinski definition) is 1. The molecule has 108 valence electrons. The Morgan fingerprint density at radius 2 is 2.11 bits per heavy atom. The van der Waals surface area contributed by atoms with Gasteiger partial charge in [0.25, 0.3) is 0 Å². The van der Waals surface area contributed by atoms with Crippen LogP contribution in [0.5, 0.6) is 0 Å². The number of carbonyl (C=O) groups is 1. The summed E-state index contributed by atoms with van der Waals surface area (Å²) in [6.45, 7) is 10.9. The number of aryl methyl sites for hydroxylation is 1. The van der Waals surface area contributed by atoms with Crippen molar-refractivity contribution in [1.82, 2.24) is 25.0 Å². The summed E-state index contributed by atoms with van der Waals surface area (Å²) in [6.07, 6.45) is 2.58. The van der Waals surface area contributed by atoms with Crippen LogP contribution in [0.1, 0.15) is 39.9 Å². The molecule has 19 heavy (non-hydrogen) atoms. The monoisotopic (exact) mass is 267 g/mol. The van der Waals surface area contributed by atoms with Crippen LogP contribution in [0.15, 0.2) is 6.33 Å². The van der Waals surface area contributed by atoms with Gasteiger partial charge in [-0.15, -0.1) is 0 Å². The fourth-order valence-corrected chi connectivity index (χ4v) is 1.96. The number of amides is 1. The number of rotatable bonds is 8. The van der Waals surface area contributed by atoms with Crippen molar-refractivity contribution in [2.45, 2.75) is 53.2 Å². The maximum absolute atomic E-state index is 12.1. The van der Waals surface area contributed by atoms with Gasteiger partial charge in [0.2, 0.25) is 5.91 Å². The molecule has 1 rings (SSSR count). The van der Waals surface area contributed by atoms with E-state index in [1.54, 1.807) is 6.33 Å². The van der Waals surface area contributed by atoms with E-state index in [9.17, 15) is 4.79 Å². The molecule has 0 saturated heterocycles. The van der Waals surface area contributed by atoms with E-state index in [4.69, 9.17) is 0 Å². The number of carbonyl (C=O) groups excluding carboxylic acids is 1. The van der Waals surface area contributed by atoms with Gasteiger partial charge in [0.15, 0.2) is 0 Å². The van der Waals surface area contributed by atoms with Crippen LogP contribution in [0.25, 0.3) is 0 Å². The highest BCUT2D eigenvalue weighted by Crippen LogP contribution is 1.99. The molecule has 0 aromatic carbocycles. The molecular formula is C13H25N5O. The number of aromatic nitrogens is 3. The summed E-state index contributed by atoms with van der Waals surface area (Å²) in [6, 6.07) is -0.202. The molecule has 1 unspecified atom stereocenters. The van der Waals surface area contributed by atoms with Gasteiger partial charge in [0.05, 0.1) is 12.6 Å². The van der Waals surface area contributed by atoms with Gasteiger partial charge in [-0.3, -0.25) is 10.1 Å². The predicted molar refractivity (Wildman–Crippen MR) is 74.5 cm³/mol. The zero-order valence-electron chi connectivity index (χ0n) is 12.4. The quantitative estimate of drug-likeness (QED) is 0.764. The first-order valence-corrected chi connectivity index (χ1v) is 7.02. The number of nitrogens with one attached hydrogen (secondary N) is 1. The maximum Gasteiger partial charge on any atom is 0.239 e. The molecule has 0 aliphatic rings. The Morgan fingerprint density at radius 3 is 2.68 bits per heavy atom. The second-order valence-electron chi connectivity index (χ2n) is 4.51. The van der Waals surface area contributed by atoms with Crippen LogP contribution in [0, 0.1) is 0 Å². The molecule has 0 radical (unpaired) electrons. The molecule has 6 nitrogen and oxygen atoms in total. The molecule has 1 aromatic heterocycles. The van der Waals surface area contributed by atoms with Crippen LogP contribution in [0.2, 0.25) is 0 Å². The van der Waals surface area contributed by atoms with Crippen LogP contribution < -0.4 is 5.32 Å². The highest BCUT2D eigenvalue weighted by molar-refractivity contribution is 5.81. The van der Waals surface area contributed by atoms with Gasteiger partial charge in [0, 0.05) is 19.6 Å². The summed E-state index contributed by atoms with van der Waals surface area (Å²) in [4.78, 5) is 18.1. The molecule has 0 aliphatic carbocycles.